The quantitative estimate of drug-likeness (QED) is 0.297. The molecule has 0 aliphatic rings. The molecule has 0 unspecified atom stereocenters. The van der Waals surface area contributed by atoms with Crippen molar-refractivity contribution in [1.82, 2.24) is 14.8 Å². The van der Waals surface area contributed by atoms with Crippen LogP contribution in [0.2, 0.25) is 5.02 Å². The Morgan fingerprint density at radius 3 is 2.63 bits per heavy atom. The van der Waals surface area contributed by atoms with Crippen LogP contribution in [0.1, 0.15) is 12.5 Å². The van der Waals surface area contributed by atoms with E-state index in [1.165, 1.54) is 36.0 Å². The van der Waals surface area contributed by atoms with Crippen molar-refractivity contribution >= 4 is 40.9 Å². The van der Waals surface area contributed by atoms with E-state index >= 15 is 0 Å². The summed E-state index contributed by atoms with van der Waals surface area (Å²) in [5.74, 6) is 0.868. The van der Waals surface area contributed by atoms with Gasteiger partial charge in [0.15, 0.2) is 11.8 Å². The van der Waals surface area contributed by atoms with E-state index < -0.39 is 10.8 Å². The van der Waals surface area contributed by atoms with Gasteiger partial charge in [0.1, 0.15) is 5.75 Å². The van der Waals surface area contributed by atoms with Crippen LogP contribution >= 0.6 is 23.4 Å². The van der Waals surface area contributed by atoms with Crippen LogP contribution in [0.3, 0.4) is 0 Å². The first kappa shape index (κ1) is 21.6. The molecular weight excluding hydrogens is 430 g/mol. The highest BCUT2D eigenvalue weighted by molar-refractivity contribution is 7.98. The van der Waals surface area contributed by atoms with Crippen molar-refractivity contribution in [3.63, 3.8) is 0 Å². The molecule has 0 aliphatic carbocycles. The molecule has 3 aromatic rings. The maximum Gasteiger partial charge on any atom is 0.269 e. The second-order valence-corrected chi connectivity index (χ2v) is 7.37. The van der Waals surface area contributed by atoms with Gasteiger partial charge in [0.2, 0.25) is 5.95 Å². The molecule has 0 radical (unpaired) electrons. The number of amides is 1. The van der Waals surface area contributed by atoms with Crippen LogP contribution in [0.4, 0.5) is 11.6 Å². The van der Waals surface area contributed by atoms with Crippen molar-refractivity contribution in [2.45, 2.75) is 24.4 Å². The van der Waals surface area contributed by atoms with Gasteiger partial charge in [0.25, 0.3) is 11.6 Å². The molecule has 0 spiro atoms. The van der Waals surface area contributed by atoms with Gasteiger partial charge >= 0.3 is 0 Å². The number of rotatable bonds is 9. The molecule has 0 fully saturated rings. The molecule has 0 saturated carbocycles. The van der Waals surface area contributed by atoms with E-state index in [9.17, 15) is 14.9 Å². The molecule has 0 bridgehead atoms. The van der Waals surface area contributed by atoms with E-state index in [-0.39, 0.29) is 12.3 Å². The number of carbonyl (C=O) groups excluding carboxylic acids is 1. The van der Waals surface area contributed by atoms with Crippen molar-refractivity contribution < 1.29 is 14.5 Å². The largest absolute Gasteiger partial charge is 0.484 e. The molecule has 1 aromatic heterocycles. The topological polar surface area (TPSA) is 112 Å². The van der Waals surface area contributed by atoms with Crippen LogP contribution in [0.15, 0.2) is 53.7 Å². The van der Waals surface area contributed by atoms with E-state index in [1.807, 2.05) is 31.2 Å². The smallest absolute Gasteiger partial charge is 0.269 e. The zero-order valence-corrected chi connectivity index (χ0v) is 17.5. The highest BCUT2D eigenvalue weighted by Crippen LogP contribution is 2.27. The van der Waals surface area contributed by atoms with Crippen LogP contribution in [0.5, 0.6) is 5.75 Å². The number of nitro groups is 1. The molecule has 0 aliphatic heterocycles. The van der Waals surface area contributed by atoms with E-state index in [0.717, 1.165) is 5.56 Å². The summed E-state index contributed by atoms with van der Waals surface area (Å²) in [5, 5.41) is 22.9. The minimum Gasteiger partial charge on any atom is -0.484 e. The lowest BCUT2D eigenvalue weighted by molar-refractivity contribution is -0.384. The van der Waals surface area contributed by atoms with E-state index in [4.69, 9.17) is 16.3 Å². The van der Waals surface area contributed by atoms with Crippen molar-refractivity contribution in [2.24, 2.45) is 0 Å². The van der Waals surface area contributed by atoms with E-state index in [0.29, 0.717) is 34.2 Å². The van der Waals surface area contributed by atoms with Crippen LogP contribution in [-0.2, 0) is 17.1 Å². The van der Waals surface area contributed by atoms with Crippen LogP contribution in [0, 0.1) is 10.1 Å². The van der Waals surface area contributed by atoms with Crippen molar-refractivity contribution in [3.8, 4) is 5.75 Å². The molecule has 1 N–H and O–H groups in total. The van der Waals surface area contributed by atoms with Crippen LogP contribution in [0.25, 0.3) is 0 Å². The average molecular weight is 448 g/mol. The zero-order valence-electron chi connectivity index (χ0n) is 15.9. The molecule has 2 aromatic carbocycles. The monoisotopic (exact) mass is 447 g/mol. The van der Waals surface area contributed by atoms with E-state index in [1.54, 1.807) is 4.57 Å². The third-order valence-corrected chi connectivity index (χ3v) is 5.40. The summed E-state index contributed by atoms with van der Waals surface area (Å²) >= 11 is 7.66. The Hall–Kier alpha value is -3.11. The van der Waals surface area contributed by atoms with E-state index in [2.05, 4.69) is 15.5 Å². The number of nitrogens with one attached hydrogen (secondary N) is 1. The predicted molar refractivity (Wildman–Crippen MR) is 114 cm³/mol. The number of anilines is 1. The number of hydrogen-bond acceptors (Lipinski definition) is 7. The molecule has 0 atom stereocenters. The van der Waals surface area contributed by atoms with Gasteiger partial charge in [-0.1, -0.05) is 41.6 Å². The first-order chi connectivity index (χ1) is 14.5. The number of aromatic nitrogens is 3. The molecular formula is C19H18ClN5O4S. The van der Waals surface area contributed by atoms with Gasteiger partial charge in [-0.25, -0.2) is 0 Å². The lowest BCUT2D eigenvalue weighted by Gasteiger charge is -2.09. The second-order valence-electron chi connectivity index (χ2n) is 6.02. The molecule has 1 amide bonds. The number of ether oxygens (including phenoxy) is 1. The first-order valence-electron chi connectivity index (χ1n) is 8.94. The number of nitrogens with zero attached hydrogens (tertiary/aromatic N) is 4. The van der Waals surface area contributed by atoms with Crippen LogP contribution < -0.4 is 10.1 Å². The summed E-state index contributed by atoms with van der Waals surface area (Å²) in [6.07, 6.45) is 0. The Bertz CT molecular complexity index is 1040. The minimum absolute atomic E-state index is 0.0512. The van der Waals surface area contributed by atoms with Gasteiger partial charge in [0.05, 0.1) is 4.92 Å². The maximum atomic E-state index is 12.2. The van der Waals surface area contributed by atoms with Crippen molar-refractivity contribution in [1.29, 1.82) is 0 Å². The summed E-state index contributed by atoms with van der Waals surface area (Å²) in [6, 6.07) is 13.1. The molecule has 30 heavy (non-hydrogen) atoms. The molecule has 1 heterocycles. The maximum absolute atomic E-state index is 12.2. The third-order valence-electron chi connectivity index (χ3n) is 4.02. The first-order valence-corrected chi connectivity index (χ1v) is 10.3. The Morgan fingerprint density at radius 1 is 1.23 bits per heavy atom. The SMILES string of the molecule is CCn1c(NC(=O)COc2ccc([N+](=O)[O-])cc2)nnc1SCc1ccccc1Cl. The van der Waals surface area contributed by atoms with Gasteiger partial charge in [0, 0.05) is 29.5 Å². The van der Waals surface area contributed by atoms with Gasteiger partial charge in [-0.2, -0.15) is 0 Å². The van der Waals surface area contributed by atoms with Crippen LogP contribution in [-0.4, -0.2) is 32.2 Å². The van der Waals surface area contributed by atoms with Gasteiger partial charge < -0.3 is 4.74 Å². The van der Waals surface area contributed by atoms with Crippen molar-refractivity contribution in [2.75, 3.05) is 11.9 Å². The summed E-state index contributed by atoms with van der Waals surface area (Å²) in [6.45, 7) is 2.22. The van der Waals surface area contributed by atoms with Gasteiger partial charge in [-0.15, -0.1) is 10.2 Å². The van der Waals surface area contributed by atoms with Gasteiger partial charge in [-0.3, -0.25) is 24.8 Å². The fourth-order valence-corrected chi connectivity index (χ4v) is 3.79. The standard InChI is InChI=1S/C19H18ClN5O4S/c1-2-24-18(22-23-19(24)30-12-13-5-3-4-6-16(13)20)21-17(26)11-29-15-9-7-14(8-10-15)25(27)28/h3-10H,2,11-12H2,1H3,(H,21,22,26). The number of benzene rings is 2. The molecule has 9 nitrogen and oxygen atoms in total. The van der Waals surface area contributed by atoms with Gasteiger partial charge in [-0.05, 0) is 30.7 Å². The number of halogens is 1. The number of non-ortho nitro benzene ring substituents is 1. The zero-order chi connectivity index (χ0) is 21.5. The highest BCUT2D eigenvalue weighted by Gasteiger charge is 2.15. The lowest BCUT2D eigenvalue weighted by Crippen LogP contribution is -2.22. The number of carbonyl (C=O) groups is 1. The lowest BCUT2D eigenvalue weighted by atomic mass is 10.2. The molecule has 0 saturated heterocycles. The number of nitro benzene ring substituents is 1. The summed E-state index contributed by atoms with van der Waals surface area (Å²) in [5.41, 5.74) is 0.932. The molecule has 156 valence electrons. The Balaban J connectivity index is 1.57. The molecule has 11 heteroatoms. The summed E-state index contributed by atoms with van der Waals surface area (Å²) in [7, 11) is 0. The fourth-order valence-electron chi connectivity index (χ4n) is 2.50. The normalized spacial score (nSPS) is 10.6. The molecule has 3 rings (SSSR count). The van der Waals surface area contributed by atoms with Crippen molar-refractivity contribution in [3.05, 3.63) is 69.2 Å². The fraction of sp³-hybridized carbons (Fsp3) is 0.211. The minimum atomic E-state index is -0.505. The number of hydrogen-bond donors (Lipinski definition) is 1. The number of thioether (sulfide) groups is 1. The second kappa shape index (κ2) is 10.1. The predicted octanol–water partition coefficient (Wildman–Crippen LogP) is 4.17. The Kier molecular flexibility index (Phi) is 7.26. The summed E-state index contributed by atoms with van der Waals surface area (Å²) < 4.78 is 7.14. The third kappa shape index (κ3) is 5.49. The highest BCUT2D eigenvalue weighted by atomic mass is 35.5. The Morgan fingerprint density at radius 2 is 1.97 bits per heavy atom. The Labute approximate surface area is 181 Å². The summed E-state index contributed by atoms with van der Waals surface area (Å²) in [4.78, 5) is 22.4. The average Bonchev–Trinajstić information content (AvgIpc) is 3.13.